The highest BCUT2D eigenvalue weighted by Gasteiger charge is 2.39. The van der Waals surface area contributed by atoms with E-state index in [1.54, 1.807) is 67.6 Å². The number of carbonyl (C=O) groups is 2. The Morgan fingerprint density at radius 2 is 1.53 bits per heavy atom. The van der Waals surface area contributed by atoms with E-state index >= 15 is 0 Å². The summed E-state index contributed by atoms with van der Waals surface area (Å²) in [6, 6.07) is 20.1. The van der Waals surface area contributed by atoms with Crippen LogP contribution in [0, 0.1) is 0 Å². The Bertz CT molecular complexity index is 1110. The zero-order valence-electron chi connectivity index (χ0n) is 18.2. The molecule has 0 aliphatic carbocycles. The number of rotatable bonds is 9. The number of hydrazone groups is 1. The third-order valence-electron chi connectivity index (χ3n) is 4.75. The smallest absolute Gasteiger partial charge is 0.344 e. The lowest BCUT2D eigenvalue weighted by Crippen LogP contribution is -2.43. The third-order valence-corrected chi connectivity index (χ3v) is 5.31. The number of ether oxygens (including phenoxy) is 2. The lowest BCUT2D eigenvalue weighted by molar-refractivity contribution is -0.145. The fraction of sp³-hybridized carbons (Fsp3) is 0.160. The zero-order chi connectivity index (χ0) is 24.6. The minimum atomic E-state index is -1.96. The second-order valence-corrected chi connectivity index (χ2v) is 7.86. The molecule has 34 heavy (non-hydrogen) atoms. The molecule has 3 aromatic rings. The van der Waals surface area contributed by atoms with E-state index in [1.807, 2.05) is 0 Å². The predicted octanol–water partition coefficient (Wildman–Crippen LogP) is 4.32. The Kier molecular flexibility index (Phi) is 8.65. The molecule has 0 heterocycles. The standard InChI is InChI=1S/C25H22Cl2N2O5/c1-2-33-22(30)16-34-23-20(26)13-17(14-21(23)27)15-28-29-24(31)25(32,18-9-5-3-6-10-18)19-11-7-4-8-12-19/h3-15,32H,2,16H2,1H3,(H,29,31). The Morgan fingerprint density at radius 1 is 1.00 bits per heavy atom. The number of nitrogens with zero attached hydrogens (tertiary/aromatic N) is 1. The first-order valence-corrected chi connectivity index (χ1v) is 11.1. The van der Waals surface area contributed by atoms with Crippen molar-refractivity contribution in [2.75, 3.05) is 13.2 Å². The highest BCUT2D eigenvalue weighted by molar-refractivity contribution is 6.37. The van der Waals surface area contributed by atoms with Crippen LogP contribution in [-0.2, 0) is 19.9 Å². The van der Waals surface area contributed by atoms with Crippen molar-refractivity contribution in [1.29, 1.82) is 0 Å². The molecule has 9 heteroatoms. The summed E-state index contributed by atoms with van der Waals surface area (Å²) in [5, 5.41) is 15.7. The van der Waals surface area contributed by atoms with Crippen LogP contribution in [0.15, 0.2) is 77.9 Å². The van der Waals surface area contributed by atoms with Gasteiger partial charge >= 0.3 is 5.97 Å². The molecule has 0 aliphatic heterocycles. The van der Waals surface area contributed by atoms with Crippen LogP contribution in [0.4, 0.5) is 0 Å². The van der Waals surface area contributed by atoms with Crippen molar-refractivity contribution >= 4 is 41.3 Å². The van der Waals surface area contributed by atoms with Crippen molar-refractivity contribution in [1.82, 2.24) is 5.43 Å². The van der Waals surface area contributed by atoms with Gasteiger partial charge in [-0.25, -0.2) is 10.2 Å². The average molecular weight is 501 g/mol. The summed E-state index contributed by atoms with van der Waals surface area (Å²) in [4.78, 5) is 24.5. The Hall–Kier alpha value is -3.39. The van der Waals surface area contributed by atoms with E-state index in [0.29, 0.717) is 16.7 Å². The molecular weight excluding hydrogens is 479 g/mol. The Morgan fingerprint density at radius 3 is 2.03 bits per heavy atom. The van der Waals surface area contributed by atoms with Gasteiger partial charge in [-0.15, -0.1) is 0 Å². The summed E-state index contributed by atoms with van der Waals surface area (Å²) in [6.45, 7) is 1.58. The van der Waals surface area contributed by atoms with E-state index in [0.717, 1.165) is 0 Å². The van der Waals surface area contributed by atoms with E-state index in [-0.39, 0.29) is 29.0 Å². The van der Waals surface area contributed by atoms with Crippen molar-refractivity contribution in [3.63, 3.8) is 0 Å². The van der Waals surface area contributed by atoms with E-state index in [2.05, 4.69) is 10.5 Å². The summed E-state index contributed by atoms with van der Waals surface area (Å²) in [7, 11) is 0. The molecule has 0 bridgehead atoms. The number of nitrogens with one attached hydrogen (secondary N) is 1. The molecule has 3 rings (SSSR count). The van der Waals surface area contributed by atoms with Gasteiger partial charge in [0.1, 0.15) is 0 Å². The summed E-state index contributed by atoms with van der Waals surface area (Å²) < 4.78 is 10.1. The third kappa shape index (κ3) is 5.94. The first kappa shape index (κ1) is 25.2. The fourth-order valence-corrected chi connectivity index (χ4v) is 3.77. The number of carbonyl (C=O) groups excluding carboxylic acids is 2. The highest BCUT2D eigenvalue weighted by atomic mass is 35.5. The maximum absolute atomic E-state index is 13.1. The number of amides is 1. The van der Waals surface area contributed by atoms with Gasteiger partial charge in [0.15, 0.2) is 18.0 Å². The summed E-state index contributed by atoms with van der Waals surface area (Å²) in [5.41, 5.74) is 1.66. The van der Waals surface area contributed by atoms with Crippen molar-refractivity contribution < 1.29 is 24.2 Å². The minimum Gasteiger partial charge on any atom is -0.479 e. The number of aliphatic hydroxyl groups is 1. The number of benzene rings is 3. The maximum Gasteiger partial charge on any atom is 0.344 e. The fourth-order valence-electron chi connectivity index (χ4n) is 3.16. The topological polar surface area (TPSA) is 97.2 Å². The largest absolute Gasteiger partial charge is 0.479 e. The lowest BCUT2D eigenvalue weighted by Gasteiger charge is -2.27. The summed E-state index contributed by atoms with van der Waals surface area (Å²) in [6.07, 6.45) is 1.32. The molecule has 0 saturated heterocycles. The van der Waals surface area contributed by atoms with Crippen LogP contribution in [0.3, 0.4) is 0 Å². The van der Waals surface area contributed by atoms with Crippen molar-refractivity contribution in [2.24, 2.45) is 5.10 Å². The summed E-state index contributed by atoms with van der Waals surface area (Å²) in [5.74, 6) is -1.17. The normalized spacial score (nSPS) is 11.3. The summed E-state index contributed by atoms with van der Waals surface area (Å²) >= 11 is 12.4. The van der Waals surface area contributed by atoms with Gasteiger partial charge in [0.25, 0.3) is 5.91 Å². The number of halogens is 2. The van der Waals surface area contributed by atoms with E-state index in [1.165, 1.54) is 18.3 Å². The number of hydrogen-bond acceptors (Lipinski definition) is 6. The molecule has 0 saturated carbocycles. The van der Waals surface area contributed by atoms with Crippen LogP contribution in [0.2, 0.25) is 10.0 Å². The van der Waals surface area contributed by atoms with E-state index in [4.69, 9.17) is 32.7 Å². The molecule has 0 spiro atoms. The SMILES string of the molecule is CCOC(=O)COc1c(Cl)cc(C=NNC(=O)C(O)(c2ccccc2)c2ccccc2)cc1Cl. The Labute approximate surface area is 206 Å². The van der Waals surface area contributed by atoms with Crippen LogP contribution in [0.1, 0.15) is 23.6 Å². The Balaban J connectivity index is 1.77. The van der Waals surface area contributed by atoms with Crippen LogP contribution >= 0.6 is 23.2 Å². The number of hydrogen-bond donors (Lipinski definition) is 2. The highest BCUT2D eigenvalue weighted by Crippen LogP contribution is 2.34. The molecule has 0 aliphatic rings. The van der Waals surface area contributed by atoms with Crippen LogP contribution in [0.25, 0.3) is 0 Å². The van der Waals surface area contributed by atoms with Crippen molar-refractivity contribution in [3.8, 4) is 5.75 Å². The molecule has 3 aromatic carbocycles. The molecule has 176 valence electrons. The average Bonchev–Trinajstić information content (AvgIpc) is 2.84. The maximum atomic E-state index is 13.1. The van der Waals surface area contributed by atoms with E-state index in [9.17, 15) is 14.7 Å². The zero-order valence-corrected chi connectivity index (χ0v) is 19.7. The van der Waals surface area contributed by atoms with Gasteiger partial charge in [0.05, 0.1) is 22.9 Å². The molecule has 1 amide bonds. The molecular formula is C25H22Cl2N2O5. The van der Waals surface area contributed by atoms with Gasteiger partial charge in [0, 0.05) is 0 Å². The molecule has 0 unspecified atom stereocenters. The molecule has 0 atom stereocenters. The number of esters is 1. The van der Waals surface area contributed by atoms with Gasteiger partial charge in [-0.2, -0.15) is 5.10 Å². The van der Waals surface area contributed by atoms with Gasteiger partial charge in [-0.05, 0) is 35.7 Å². The van der Waals surface area contributed by atoms with Crippen LogP contribution in [-0.4, -0.2) is 36.4 Å². The first-order valence-electron chi connectivity index (χ1n) is 10.3. The van der Waals surface area contributed by atoms with Crippen LogP contribution < -0.4 is 10.2 Å². The monoisotopic (exact) mass is 500 g/mol. The van der Waals surface area contributed by atoms with Gasteiger partial charge in [-0.1, -0.05) is 83.9 Å². The minimum absolute atomic E-state index is 0.125. The van der Waals surface area contributed by atoms with Gasteiger partial charge in [0.2, 0.25) is 0 Å². The van der Waals surface area contributed by atoms with Crippen LogP contribution in [0.5, 0.6) is 5.75 Å². The molecule has 0 radical (unpaired) electrons. The second kappa shape index (κ2) is 11.7. The van der Waals surface area contributed by atoms with Crippen molar-refractivity contribution in [3.05, 3.63) is 99.5 Å². The first-order chi connectivity index (χ1) is 16.4. The van der Waals surface area contributed by atoms with E-state index < -0.39 is 17.5 Å². The van der Waals surface area contributed by atoms with Crippen molar-refractivity contribution in [2.45, 2.75) is 12.5 Å². The molecule has 0 aromatic heterocycles. The lowest BCUT2D eigenvalue weighted by atomic mass is 9.85. The quantitative estimate of drug-likeness (QED) is 0.259. The van der Waals surface area contributed by atoms with Gasteiger partial charge in [-0.3, -0.25) is 4.79 Å². The molecule has 0 fully saturated rings. The van der Waals surface area contributed by atoms with Gasteiger partial charge < -0.3 is 14.6 Å². The molecule has 7 nitrogen and oxygen atoms in total. The second-order valence-electron chi connectivity index (χ2n) is 7.05. The predicted molar refractivity (Wildman–Crippen MR) is 130 cm³/mol. The molecule has 2 N–H and O–H groups in total.